The van der Waals surface area contributed by atoms with Crippen LogP contribution in [0.3, 0.4) is 0 Å². The van der Waals surface area contributed by atoms with Crippen molar-refractivity contribution in [1.82, 2.24) is 4.31 Å². The predicted octanol–water partition coefficient (Wildman–Crippen LogP) is 1.25. The highest BCUT2D eigenvalue weighted by atomic mass is 32.2. The van der Waals surface area contributed by atoms with E-state index in [1.807, 2.05) is 0 Å². The molecule has 4 N–H and O–H groups in total. The Bertz CT molecular complexity index is 1020. The number of morpholine rings is 1. The molecule has 30 heavy (non-hydrogen) atoms. The first kappa shape index (κ1) is 21.8. The number of carbonyl (C=O) groups is 2. The summed E-state index contributed by atoms with van der Waals surface area (Å²) in [4.78, 5) is 23.8. The summed E-state index contributed by atoms with van der Waals surface area (Å²) in [5.74, 6) is -0.867. The maximum absolute atomic E-state index is 12.8. The summed E-state index contributed by atoms with van der Waals surface area (Å²) < 4.78 is 32.2. The molecule has 0 aromatic heterocycles. The van der Waals surface area contributed by atoms with Gasteiger partial charge in [0.15, 0.2) is 0 Å². The summed E-state index contributed by atoms with van der Waals surface area (Å²) in [6.07, 6.45) is 0. The molecule has 1 aliphatic rings. The number of nitrogens with two attached hydrogens (primary N) is 1. The minimum atomic E-state index is -3.65. The van der Waals surface area contributed by atoms with Crippen molar-refractivity contribution in [1.29, 1.82) is 0 Å². The van der Waals surface area contributed by atoms with Crippen LogP contribution < -0.4 is 16.4 Å². The van der Waals surface area contributed by atoms with E-state index in [-0.39, 0.29) is 10.8 Å². The lowest BCUT2D eigenvalue weighted by atomic mass is 10.2. The fourth-order valence-corrected chi connectivity index (χ4v) is 4.42. The number of hydrogen-bond donors (Lipinski definition) is 3. The van der Waals surface area contributed by atoms with Gasteiger partial charge in [-0.2, -0.15) is 4.31 Å². The van der Waals surface area contributed by atoms with E-state index >= 15 is 0 Å². The van der Waals surface area contributed by atoms with Crippen molar-refractivity contribution >= 4 is 33.2 Å². The topological polar surface area (TPSA) is 131 Å². The Morgan fingerprint density at radius 1 is 1.07 bits per heavy atom. The summed E-state index contributed by atoms with van der Waals surface area (Å²) in [7, 11) is -3.65. The third kappa shape index (κ3) is 5.15. The monoisotopic (exact) mass is 432 g/mol. The molecular formula is C20H24N4O5S. The summed E-state index contributed by atoms with van der Waals surface area (Å²) in [5, 5.41) is 5.74. The van der Waals surface area contributed by atoms with Crippen molar-refractivity contribution in [3.63, 3.8) is 0 Å². The van der Waals surface area contributed by atoms with Gasteiger partial charge >= 0.3 is 0 Å². The van der Waals surface area contributed by atoms with Gasteiger partial charge in [-0.1, -0.05) is 6.07 Å². The van der Waals surface area contributed by atoms with Gasteiger partial charge in [-0.05, 0) is 49.4 Å². The molecule has 0 aliphatic carbocycles. The third-order valence-electron chi connectivity index (χ3n) is 4.66. The minimum absolute atomic E-state index is 0.116. The second kappa shape index (κ2) is 9.24. The average Bonchev–Trinajstić information content (AvgIpc) is 2.75. The molecule has 1 aliphatic heterocycles. The van der Waals surface area contributed by atoms with Gasteiger partial charge in [0, 0.05) is 30.0 Å². The maximum Gasteiger partial charge on any atom is 0.248 e. The van der Waals surface area contributed by atoms with Crippen LogP contribution in [0.4, 0.5) is 11.4 Å². The predicted molar refractivity (Wildman–Crippen MR) is 113 cm³/mol. The average molecular weight is 433 g/mol. The van der Waals surface area contributed by atoms with Crippen molar-refractivity contribution in [2.45, 2.75) is 17.9 Å². The van der Waals surface area contributed by atoms with Crippen molar-refractivity contribution < 1.29 is 22.7 Å². The number of benzene rings is 2. The number of nitrogens with one attached hydrogen (secondary N) is 2. The van der Waals surface area contributed by atoms with Gasteiger partial charge < -0.3 is 21.1 Å². The van der Waals surface area contributed by atoms with Crippen molar-refractivity contribution in [2.75, 3.05) is 36.9 Å². The quantitative estimate of drug-likeness (QED) is 0.603. The summed E-state index contributed by atoms with van der Waals surface area (Å²) in [5.41, 5.74) is 6.61. The molecule has 2 amide bonds. The van der Waals surface area contributed by atoms with E-state index in [1.165, 1.54) is 16.4 Å². The normalized spacial score (nSPS) is 15.9. The van der Waals surface area contributed by atoms with Crippen LogP contribution >= 0.6 is 0 Å². The molecule has 1 heterocycles. The van der Waals surface area contributed by atoms with Gasteiger partial charge in [-0.25, -0.2) is 8.42 Å². The van der Waals surface area contributed by atoms with Gasteiger partial charge in [0.25, 0.3) is 0 Å². The number of nitrogens with zero attached hydrogens (tertiary/aromatic N) is 1. The Labute approximate surface area is 175 Å². The Kier molecular flexibility index (Phi) is 6.70. The number of primary amides is 1. The molecular weight excluding hydrogens is 408 g/mol. The Balaban J connectivity index is 1.66. The van der Waals surface area contributed by atoms with E-state index in [0.29, 0.717) is 43.2 Å². The number of sulfonamides is 1. The number of carbonyl (C=O) groups excluding carboxylic acids is 2. The summed E-state index contributed by atoms with van der Waals surface area (Å²) >= 11 is 0. The fourth-order valence-electron chi connectivity index (χ4n) is 2.97. The molecule has 9 nitrogen and oxygen atoms in total. The lowest BCUT2D eigenvalue weighted by Crippen LogP contribution is -2.40. The van der Waals surface area contributed by atoms with Crippen LogP contribution in [-0.4, -0.2) is 56.9 Å². The first-order chi connectivity index (χ1) is 14.3. The van der Waals surface area contributed by atoms with E-state index in [9.17, 15) is 18.0 Å². The zero-order valence-corrected chi connectivity index (χ0v) is 17.3. The van der Waals surface area contributed by atoms with E-state index in [0.717, 1.165) is 0 Å². The zero-order valence-electron chi connectivity index (χ0n) is 16.5. The van der Waals surface area contributed by atoms with E-state index in [2.05, 4.69) is 10.6 Å². The van der Waals surface area contributed by atoms with Gasteiger partial charge in [-0.3, -0.25) is 9.59 Å². The second-order valence-electron chi connectivity index (χ2n) is 6.84. The molecule has 1 atom stereocenters. The van der Waals surface area contributed by atoms with E-state index in [4.69, 9.17) is 10.5 Å². The highest BCUT2D eigenvalue weighted by Crippen LogP contribution is 2.21. The van der Waals surface area contributed by atoms with E-state index < -0.39 is 22.0 Å². The molecule has 1 saturated heterocycles. The number of amides is 2. The van der Waals surface area contributed by atoms with Crippen LogP contribution in [0.1, 0.15) is 17.3 Å². The molecule has 2 aromatic carbocycles. The lowest BCUT2D eigenvalue weighted by molar-refractivity contribution is -0.116. The molecule has 0 radical (unpaired) electrons. The minimum Gasteiger partial charge on any atom is -0.379 e. The van der Waals surface area contributed by atoms with Crippen LogP contribution in [0.15, 0.2) is 53.4 Å². The largest absolute Gasteiger partial charge is 0.379 e. The molecule has 1 unspecified atom stereocenters. The molecule has 160 valence electrons. The number of hydrogen-bond acceptors (Lipinski definition) is 6. The number of anilines is 2. The molecule has 1 fully saturated rings. The third-order valence-corrected chi connectivity index (χ3v) is 6.55. The smallest absolute Gasteiger partial charge is 0.248 e. The molecule has 0 bridgehead atoms. The molecule has 0 spiro atoms. The van der Waals surface area contributed by atoms with Gasteiger partial charge in [0.2, 0.25) is 21.8 Å². The standard InChI is InChI=1S/C20H24N4O5S/c1-14(22-16-7-5-15(6-8-16)19(21)25)20(26)23-17-3-2-4-18(13-17)30(27,28)24-9-11-29-12-10-24/h2-8,13-14,22H,9-12H2,1H3,(H2,21,25)(H,23,26). The van der Waals surface area contributed by atoms with Crippen LogP contribution in [0, 0.1) is 0 Å². The van der Waals surface area contributed by atoms with Crippen molar-refractivity contribution in [3.05, 3.63) is 54.1 Å². The molecule has 10 heteroatoms. The Morgan fingerprint density at radius 3 is 2.37 bits per heavy atom. The zero-order chi connectivity index (χ0) is 21.7. The van der Waals surface area contributed by atoms with Crippen LogP contribution in [0.2, 0.25) is 0 Å². The van der Waals surface area contributed by atoms with Crippen molar-refractivity contribution in [3.8, 4) is 0 Å². The summed E-state index contributed by atoms with van der Waals surface area (Å²) in [6, 6.07) is 12.0. The van der Waals surface area contributed by atoms with Crippen LogP contribution in [0.5, 0.6) is 0 Å². The Hall–Kier alpha value is -2.95. The first-order valence-electron chi connectivity index (χ1n) is 9.42. The molecule has 2 aromatic rings. The SMILES string of the molecule is CC(Nc1ccc(C(N)=O)cc1)C(=O)Nc1cccc(S(=O)(=O)N2CCOCC2)c1. The highest BCUT2D eigenvalue weighted by molar-refractivity contribution is 7.89. The van der Waals surface area contributed by atoms with Crippen molar-refractivity contribution in [2.24, 2.45) is 5.73 Å². The van der Waals surface area contributed by atoms with Gasteiger partial charge in [0.05, 0.1) is 18.1 Å². The number of ether oxygens (including phenoxy) is 1. The second-order valence-corrected chi connectivity index (χ2v) is 8.78. The molecule has 0 saturated carbocycles. The highest BCUT2D eigenvalue weighted by Gasteiger charge is 2.26. The fraction of sp³-hybridized carbons (Fsp3) is 0.300. The lowest BCUT2D eigenvalue weighted by Gasteiger charge is -2.26. The summed E-state index contributed by atoms with van der Waals surface area (Å²) in [6.45, 7) is 2.99. The Morgan fingerprint density at radius 2 is 1.73 bits per heavy atom. The van der Waals surface area contributed by atoms with Crippen LogP contribution in [0.25, 0.3) is 0 Å². The first-order valence-corrected chi connectivity index (χ1v) is 10.9. The molecule has 3 rings (SSSR count). The van der Waals surface area contributed by atoms with E-state index in [1.54, 1.807) is 43.3 Å². The van der Waals surface area contributed by atoms with Gasteiger partial charge in [-0.15, -0.1) is 0 Å². The van der Waals surface area contributed by atoms with Gasteiger partial charge in [0.1, 0.15) is 6.04 Å². The number of rotatable bonds is 7. The van der Waals surface area contributed by atoms with Crippen LogP contribution in [-0.2, 0) is 19.6 Å². The maximum atomic E-state index is 12.8.